The van der Waals surface area contributed by atoms with E-state index in [0.29, 0.717) is 0 Å². The van der Waals surface area contributed by atoms with Gasteiger partial charge in [0, 0.05) is 0 Å². The molecule has 134 valence electrons. The van der Waals surface area contributed by atoms with E-state index in [4.69, 9.17) is 0 Å². The normalized spacial score (nSPS) is 14.3. The number of likely N-dealkylation sites (tertiary alicyclic amines) is 1. The summed E-state index contributed by atoms with van der Waals surface area (Å²) in [5, 5.41) is 0. The third kappa shape index (κ3) is 33.0. The Kier molecular flexibility index (Phi) is 38.8. The number of unbranched alkanes of at least 4 members (excludes halogenated alkanes) is 1. The van der Waals surface area contributed by atoms with Crippen molar-refractivity contribution >= 4 is 0 Å². The van der Waals surface area contributed by atoms with Crippen molar-refractivity contribution in [2.75, 3.05) is 40.8 Å². The molecular weight excluding hydrogens is 256 g/mol. The van der Waals surface area contributed by atoms with Crippen LogP contribution in [0.5, 0.6) is 0 Å². The summed E-state index contributed by atoms with van der Waals surface area (Å²) < 4.78 is 0. The Morgan fingerprint density at radius 2 is 1.29 bits per heavy atom. The molecule has 0 radical (unpaired) electrons. The second kappa shape index (κ2) is 28.1. The molecule has 1 rings (SSSR count). The monoisotopic (exact) mass is 304 g/mol. The van der Waals surface area contributed by atoms with E-state index in [9.17, 15) is 0 Å². The van der Waals surface area contributed by atoms with Gasteiger partial charge in [-0.2, -0.15) is 0 Å². The molecule has 0 spiro atoms. The average molecular weight is 305 g/mol. The van der Waals surface area contributed by atoms with Crippen LogP contribution in [0, 0.1) is 5.92 Å². The van der Waals surface area contributed by atoms with Gasteiger partial charge in [-0.3, -0.25) is 0 Å². The lowest BCUT2D eigenvalue weighted by Crippen LogP contribution is -2.28. The number of hydrogen-bond donors (Lipinski definition) is 0. The number of hydrogen-bond acceptors (Lipinski definition) is 2. The number of piperidine rings is 1. The van der Waals surface area contributed by atoms with Crippen LogP contribution < -0.4 is 0 Å². The van der Waals surface area contributed by atoms with E-state index in [1.807, 2.05) is 41.5 Å². The zero-order chi connectivity index (χ0) is 17.7. The van der Waals surface area contributed by atoms with Gasteiger partial charge in [0.2, 0.25) is 0 Å². The van der Waals surface area contributed by atoms with Gasteiger partial charge in [0.05, 0.1) is 0 Å². The minimum absolute atomic E-state index is 0.978. The quantitative estimate of drug-likeness (QED) is 0.652. The zero-order valence-corrected chi connectivity index (χ0v) is 17.4. The highest BCUT2D eigenvalue weighted by molar-refractivity contribution is 4.65. The maximum absolute atomic E-state index is 2.40. The largest absolute Gasteiger partial charge is 0.309 e. The maximum Gasteiger partial charge on any atom is -0.00192 e. The second-order valence-electron chi connectivity index (χ2n) is 5.14. The molecule has 0 amide bonds. The van der Waals surface area contributed by atoms with E-state index in [1.54, 1.807) is 0 Å². The molecule has 0 aliphatic carbocycles. The van der Waals surface area contributed by atoms with Crippen LogP contribution >= 0.6 is 0 Å². The van der Waals surface area contributed by atoms with Crippen molar-refractivity contribution in [3.05, 3.63) is 0 Å². The molecule has 0 saturated carbocycles. The van der Waals surface area contributed by atoms with E-state index >= 15 is 0 Å². The van der Waals surface area contributed by atoms with E-state index < -0.39 is 0 Å². The second-order valence-corrected chi connectivity index (χ2v) is 5.14. The predicted molar refractivity (Wildman–Crippen MR) is 103 cm³/mol. The molecule has 1 saturated heterocycles. The summed E-state index contributed by atoms with van der Waals surface area (Å²) in [7, 11) is 6.41. The van der Waals surface area contributed by atoms with Crippen molar-refractivity contribution in [3.8, 4) is 0 Å². The molecular formula is C19H48N2. The average Bonchev–Trinajstić information content (AvgIpc) is 2.54. The molecule has 1 heterocycles. The Hall–Kier alpha value is -0.0800. The van der Waals surface area contributed by atoms with E-state index in [1.165, 1.54) is 45.3 Å². The first-order valence-electron chi connectivity index (χ1n) is 9.39. The zero-order valence-electron chi connectivity index (χ0n) is 17.4. The minimum atomic E-state index is 0.978. The summed E-state index contributed by atoms with van der Waals surface area (Å²) in [6, 6.07) is 0. The topological polar surface area (TPSA) is 6.48 Å². The standard InChI is InChI=1S/C7H15N.C6H15N.3C2H6/c1-7-3-5-8(2)6-4-7;1-4-5-6-7(2)3;3*1-2/h7H,3-6H2,1-2H3;4-6H2,1-3H3;3*1-2H3. The Bertz CT molecular complexity index is 118. The third-order valence-electron chi connectivity index (χ3n) is 2.97. The van der Waals surface area contributed by atoms with Gasteiger partial charge in [0.15, 0.2) is 0 Å². The van der Waals surface area contributed by atoms with Gasteiger partial charge in [0.1, 0.15) is 0 Å². The van der Waals surface area contributed by atoms with Crippen LogP contribution in [-0.4, -0.2) is 50.6 Å². The molecule has 0 atom stereocenters. The molecule has 1 aliphatic rings. The van der Waals surface area contributed by atoms with Gasteiger partial charge < -0.3 is 9.80 Å². The summed E-state index contributed by atoms with van der Waals surface area (Å²) in [5.74, 6) is 0.978. The number of nitrogens with zero attached hydrogens (tertiary/aromatic N) is 2. The molecule has 0 aromatic rings. The fraction of sp³-hybridized carbons (Fsp3) is 1.00. The van der Waals surface area contributed by atoms with Crippen LogP contribution in [-0.2, 0) is 0 Å². The summed E-state index contributed by atoms with van der Waals surface area (Å²) in [5.41, 5.74) is 0. The highest BCUT2D eigenvalue weighted by Gasteiger charge is 2.10. The molecule has 1 fully saturated rings. The molecule has 1 aliphatic heterocycles. The van der Waals surface area contributed by atoms with E-state index in [2.05, 4.69) is 44.8 Å². The van der Waals surface area contributed by atoms with Gasteiger partial charge in [-0.25, -0.2) is 0 Å². The van der Waals surface area contributed by atoms with Gasteiger partial charge in [-0.05, 0) is 66.0 Å². The van der Waals surface area contributed by atoms with Crippen LogP contribution in [0.25, 0.3) is 0 Å². The lowest BCUT2D eigenvalue weighted by Gasteiger charge is -2.26. The van der Waals surface area contributed by atoms with Crippen molar-refractivity contribution in [2.45, 2.75) is 81.1 Å². The highest BCUT2D eigenvalue weighted by Crippen LogP contribution is 2.13. The Morgan fingerprint density at radius 3 is 1.48 bits per heavy atom. The molecule has 0 unspecified atom stereocenters. The van der Waals surface area contributed by atoms with Crippen LogP contribution in [0.15, 0.2) is 0 Å². The van der Waals surface area contributed by atoms with Crippen molar-refractivity contribution < 1.29 is 0 Å². The van der Waals surface area contributed by atoms with E-state index in [0.717, 1.165) is 5.92 Å². The molecule has 0 N–H and O–H groups in total. The van der Waals surface area contributed by atoms with Gasteiger partial charge >= 0.3 is 0 Å². The summed E-state index contributed by atoms with van der Waals surface area (Å²) >= 11 is 0. The lowest BCUT2D eigenvalue weighted by atomic mass is 10.00. The number of rotatable bonds is 3. The van der Waals surface area contributed by atoms with Gasteiger partial charge in [-0.15, -0.1) is 0 Å². The van der Waals surface area contributed by atoms with E-state index in [-0.39, 0.29) is 0 Å². The Labute approximate surface area is 138 Å². The molecule has 0 bridgehead atoms. The van der Waals surface area contributed by atoms with Gasteiger partial charge in [0.25, 0.3) is 0 Å². The van der Waals surface area contributed by atoms with Crippen LogP contribution in [0.1, 0.15) is 81.1 Å². The predicted octanol–water partition coefficient (Wildman–Crippen LogP) is 5.77. The summed E-state index contributed by atoms with van der Waals surface area (Å²) in [6.07, 6.45) is 5.43. The Morgan fingerprint density at radius 1 is 0.905 bits per heavy atom. The van der Waals surface area contributed by atoms with Gasteiger partial charge in [-0.1, -0.05) is 61.8 Å². The Balaban J connectivity index is -0.000000102. The molecule has 2 heteroatoms. The highest BCUT2D eigenvalue weighted by atomic mass is 15.1. The first-order chi connectivity index (χ1) is 10.1. The smallest absolute Gasteiger partial charge is 0.00192 e. The van der Waals surface area contributed by atoms with Crippen LogP contribution in [0.4, 0.5) is 0 Å². The fourth-order valence-corrected chi connectivity index (χ4v) is 1.61. The molecule has 21 heavy (non-hydrogen) atoms. The fourth-order valence-electron chi connectivity index (χ4n) is 1.61. The maximum atomic E-state index is 2.40. The minimum Gasteiger partial charge on any atom is -0.309 e. The van der Waals surface area contributed by atoms with Crippen LogP contribution in [0.3, 0.4) is 0 Å². The van der Waals surface area contributed by atoms with Crippen molar-refractivity contribution in [2.24, 2.45) is 5.92 Å². The SMILES string of the molecule is CC.CC.CC.CC1CCN(C)CC1.CCCCN(C)C. The van der Waals surface area contributed by atoms with Crippen molar-refractivity contribution in [3.63, 3.8) is 0 Å². The summed E-state index contributed by atoms with van der Waals surface area (Å²) in [4.78, 5) is 4.61. The molecule has 0 aromatic carbocycles. The summed E-state index contributed by atoms with van der Waals surface area (Å²) in [6.45, 7) is 20.4. The molecule has 2 nitrogen and oxygen atoms in total. The first-order valence-corrected chi connectivity index (χ1v) is 9.39. The van der Waals surface area contributed by atoms with Crippen molar-refractivity contribution in [1.82, 2.24) is 9.80 Å². The third-order valence-corrected chi connectivity index (χ3v) is 2.97. The van der Waals surface area contributed by atoms with Crippen molar-refractivity contribution in [1.29, 1.82) is 0 Å². The van der Waals surface area contributed by atoms with Crippen LogP contribution in [0.2, 0.25) is 0 Å². The lowest BCUT2D eigenvalue weighted by molar-refractivity contribution is 0.230. The molecule has 0 aromatic heterocycles. The first kappa shape index (κ1) is 29.0.